The van der Waals surface area contributed by atoms with E-state index < -0.39 is 4.92 Å². The molecule has 0 N–H and O–H groups in total. The molecular weight excluding hydrogens is 330 g/mol. The highest BCUT2D eigenvalue weighted by atomic mass is 32.2. The van der Waals surface area contributed by atoms with Crippen LogP contribution in [0.4, 0.5) is 5.69 Å². The Balaban J connectivity index is 1.85. The Morgan fingerprint density at radius 1 is 1.13 bits per heavy atom. The Kier molecular flexibility index (Phi) is 5.23. The molecule has 1 saturated heterocycles. The summed E-state index contributed by atoms with van der Waals surface area (Å²) in [5, 5.41) is 10.9. The quantitative estimate of drug-likeness (QED) is 0.436. The summed E-state index contributed by atoms with van der Waals surface area (Å²) in [6, 6.07) is 6.43. The summed E-state index contributed by atoms with van der Waals surface area (Å²) in [7, 11) is 0. The Bertz CT molecular complexity index is 700. The fourth-order valence-corrected chi connectivity index (χ4v) is 5.33. The van der Waals surface area contributed by atoms with Gasteiger partial charge in [0.2, 0.25) is 0 Å². The first-order valence-corrected chi connectivity index (χ1v) is 9.61. The van der Waals surface area contributed by atoms with Gasteiger partial charge in [-0.05, 0) is 48.8 Å². The molecular formula is C17H17NO3S2. The molecule has 0 aromatic heterocycles. The van der Waals surface area contributed by atoms with Gasteiger partial charge in [0.05, 0.1) is 4.92 Å². The maximum atomic E-state index is 12.7. The molecule has 120 valence electrons. The van der Waals surface area contributed by atoms with Crippen LogP contribution in [0.1, 0.15) is 31.2 Å². The number of nitro benzene ring substituents is 1. The van der Waals surface area contributed by atoms with Crippen molar-refractivity contribution in [2.24, 2.45) is 0 Å². The maximum absolute atomic E-state index is 12.7. The summed E-state index contributed by atoms with van der Waals surface area (Å²) in [6.45, 7) is 0. The predicted octanol–water partition coefficient (Wildman–Crippen LogP) is 4.81. The van der Waals surface area contributed by atoms with Crippen LogP contribution in [0.2, 0.25) is 0 Å². The van der Waals surface area contributed by atoms with Crippen LogP contribution in [0.5, 0.6) is 0 Å². The van der Waals surface area contributed by atoms with Crippen LogP contribution in [0.3, 0.4) is 0 Å². The average molecular weight is 347 g/mol. The van der Waals surface area contributed by atoms with Gasteiger partial charge in [0, 0.05) is 27.5 Å². The highest BCUT2D eigenvalue weighted by Gasteiger charge is 2.27. The number of allylic oxidation sites excluding steroid dienone is 2. The van der Waals surface area contributed by atoms with E-state index in [0.717, 1.165) is 41.1 Å². The van der Waals surface area contributed by atoms with Gasteiger partial charge < -0.3 is 0 Å². The third-order valence-corrected chi connectivity index (χ3v) is 6.59. The minimum absolute atomic E-state index is 0.0539. The van der Waals surface area contributed by atoms with E-state index in [1.54, 1.807) is 41.7 Å². The molecule has 2 fully saturated rings. The second-order valence-electron chi connectivity index (χ2n) is 5.52. The lowest BCUT2D eigenvalue weighted by atomic mass is 10.1. The molecule has 1 aromatic rings. The van der Waals surface area contributed by atoms with Crippen molar-refractivity contribution < 1.29 is 9.72 Å². The van der Waals surface area contributed by atoms with Crippen LogP contribution in [-0.4, -0.2) is 22.2 Å². The second-order valence-corrected chi connectivity index (χ2v) is 7.99. The van der Waals surface area contributed by atoms with Crippen molar-refractivity contribution >= 4 is 41.1 Å². The van der Waals surface area contributed by atoms with Gasteiger partial charge in [-0.1, -0.05) is 12.1 Å². The lowest BCUT2D eigenvalue weighted by molar-refractivity contribution is -0.384. The fraction of sp³-hybridized carbons (Fsp3) is 0.353. The van der Waals surface area contributed by atoms with Crippen molar-refractivity contribution in [3.63, 3.8) is 0 Å². The zero-order chi connectivity index (χ0) is 16.2. The average Bonchev–Trinajstić information content (AvgIpc) is 2.77. The van der Waals surface area contributed by atoms with E-state index in [9.17, 15) is 14.9 Å². The van der Waals surface area contributed by atoms with Crippen LogP contribution in [0.15, 0.2) is 39.6 Å². The number of ketones is 1. The van der Waals surface area contributed by atoms with Gasteiger partial charge in [0.25, 0.3) is 5.69 Å². The summed E-state index contributed by atoms with van der Waals surface area (Å²) < 4.78 is 1.19. The first kappa shape index (κ1) is 16.3. The van der Waals surface area contributed by atoms with Crippen LogP contribution < -0.4 is 0 Å². The first-order valence-electron chi connectivity index (χ1n) is 7.63. The number of Topliss-reactive ketones (excluding diaryl/α,β-unsaturated/α-hetero) is 1. The van der Waals surface area contributed by atoms with Gasteiger partial charge >= 0.3 is 0 Å². The largest absolute Gasteiger partial charge is 0.289 e. The lowest BCUT2D eigenvalue weighted by Gasteiger charge is -2.05. The topological polar surface area (TPSA) is 60.2 Å². The summed E-state index contributed by atoms with van der Waals surface area (Å²) in [5.41, 5.74) is 2.48. The summed E-state index contributed by atoms with van der Waals surface area (Å²) in [4.78, 5) is 23.1. The van der Waals surface area contributed by atoms with Crippen molar-refractivity contribution in [2.45, 2.75) is 25.7 Å². The first-order chi connectivity index (χ1) is 11.1. The lowest BCUT2D eigenvalue weighted by Crippen LogP contribution is -1.98. The Morgan fingerprint density at radius 3 is 2.57 bits per heavy atom. The van der Waals surface area contributed by atoms with E-state index in [1.165, 1.54) is 29.2 Å². The number of non-ortho nitro benzene ring substituents is 1. The van der Waals surface area contributed by atoms with E-state index in [1.807, 2.05) is 0 Å². The summed E-state index contributed by atoms with van der Waals surface area (Å²) >= 11 is 3.61. The molecule has 6 heteroatoms. The Labute approximate surface area is 143 Å². The van der Waals surface area contributed by atoms with Gasteiger partial charge in [-0.2, -0.15) is 0 Å². The number of nitro groups is 1. The third-order valence-electron chi connectivity index (χ3n) is 3.88. The second kappa shape index (κ2) is 7.36. The van der Waals surface area contributed by atoms with Gasteiger partial charge in [0.1, 0.15) is 0 Å². The van der Waals surface area contributed by atoms with Gasteiger partial charge in [-0.25, -0.2) is 0 Å². The standard InChI is InChI=1S/C17H17NO3S2/c19-16-13(10-12-4-3-5-14(11-12)18(20)21)6-7-15(16)17-22-8-1-2-9-23-17/h3-5,10-11H,1-2,6-9H2/b13-10+. The molecule has 0 radical (unpaired) electrons. The molecule has 0 amide bonds. The molecule has 4 nitrogen and oxygen atoms in total. The smallest absolute Gasteiger partial charge is 0.270 e. The van der Waals surface area contributed by atoms with Gasteiger partial charge in [0.15, 0.2) is 5.78 Å². The molecule has 0 atom stereocenters. The zero-order valence-corrected chi connectivity index (χ0v) is 14.3. The highest BCUT2D eigenvalue weighted by molar-refractivity contribution is 8.22. The third kappa shape index (κ3) is 3.87. The maximum Gasteiger partial charge on any atom is 0.270 e. The molecule has 1 aromatic carbocycles. The molecule has 1 saturated carbocycles. The van der Waals surface area contributed by atoms with E-state index in [4.69, 9.17) is 0 Å². The van der Waals surface area contributed by atoms with Gasteiger partial charge in [-0.15, -0.1) is 23.5 Å². The van der Waals surface area contributed by atoms with Crippen molar-refractivity contribution in [3.8, 4) is 0 Å². The molecule has 1 aliphatic heterocycles. The Morgan fingerprint density at radius 2 is 1.87 bits per heavy atom. The molecule has 0 unspecified atom stereocenters. The van der Waals surface area contributed by atoms with Crippen LogP contribution in [-0.2, 0) is 4.79 Å². The monoisotopic (exact) mass is 347 g/mol. The summed E-state index contributed by atoms with van der Waals surface area (Å²) in [5.74, 6) is 2.29. The van der Waals surface area contributed by atoms with Crippen LogP contribution >= 0.6 is 23.5 Å². The van der Waals surface area contributed by atoms with E-state index in [-0.39, 0.29) is 11.5 Å². The predicted molar refractivity (Wildman–Crippen MR) is 96.5 cm³/mol. The van der Waals surface area contributed by atoms with Crippen molar-refractivity contribution in [1.82, 2.24) is 0 Å². The summed E-state index contributed by atoms with van der Waals surface area (Å²) in [6.07, 6.45) is 5.73. The zero-order valence-electron chi connectivity index (χ0n) is 12.6. The normalized spacial score (nSPS) is 20.9. The molecule has 2 aliphatic rings. The highest BCUT2D eigenvalue weighted by Crippen LogP contribution is 2.41. The van der Waals surface area contributed by atoms with E-state index in [2.05, 4.69) is 0 Å². The van der Waals surface area contributed by atoms with Crippen molar-refractivity contribution in [3.05, 3.63) is 55.3 Å². The number of rotatable bonds is 2. The molecule has 23 heavy (non-hydrogen) atoms. The number of carbonyl (C=O) groups is 1. The van der Waals surface area contributed by atoms with Crippen LogP contribution in [0, 0.1) is 10.1 Å². The minimum atomic E-state index is -0.412. The van der Waals surface area contributed by atoms with Crippen molar-refractivity contribution in [1.29, 1.82) is 0 Å². The fourth-order valence-electron chi connectivity index (χ4n) is 2.69. The number of nitrogens with zero attached hydrogens (tertiary/aromatic N) is 1. The van der Waals surface area contributed by atoms with Crippen LogP contribution in [0.25, 0.3) is 6.08 Å². The van der Waals surface area contributed by atoms with Gasteiger partial charge in [-0.3, -0.25) is 14.9 Å². The number of hydrogen-bond donors (Lipinski definition) is 0. The molecule has 0 spiro atoms. The molecule has 1 heterocycles. The minimum Gasteiger partial charge on any atom is -0.289 e. The molecule has 3 rings (SSSR count). The number of benzene rings is 1. The SMILES string of the molecule is O=C1C(=C2SCCCCS2)CC/C1=C\c1cccc([N+](=O)[O-])c1. The number of hydrogen-bond acceptors (Lipinski definition) is 5. The van der Waals surface area contributed by atoms with Crippen molar-refractivity contribution in [2.75, 3.05) is 11.5 Å². The molecule has 0 bridgehead atoms. The number of carbonyl (C=O) groups excluding carboxylic acids is 1. The van der Waals surface area contributed by atoms with E-state index >= 15 is 0 Å². The van der Waals surface area contributed by atoms with E-state index in [0.29, 0.717) is 0 Å². The Hall–Kier alpha value is -1.53. The number of thioether (sulfide) groups is 2. The molecule has 1 aliphatic carbocycles.